The number of halogens is 1. The zero-order valence-electron chi connectivity index (χ0n) is 9.78. The molecule has 0 aromatic carbocycles. The maximum Gasteiger partial charge on any atom is 0.133 e. The van der Waals surface area contributed by atoms with Gasteiger partial charge in [-0.25, -0.2) is 4.39 Å². The van der Waals surface area contributed by atoms with Gasteiger partial charge in [0.1, 0.15) is 12.0 Å². The normalized spacial score (nSPS) is 34.1. The molecular formula is C12H18FN3. The molecule has 1 N–H and O–H groups in total. The fraction of sp³-hybridized carbons (Fsp3) is 0.583. The summed E-state index contributed by atoms with van der Waals surface area (Å²) in [4.78, 5) is 3.77. The van der Waals surface area contributed by atoms with Gasteiger partial charge >= 0.3 is 0 Å². The van der Waals surface area contributed by atoms with Crippen LogP contribution in [-0.4, -0.2) is 48.0 Å². The van der Waals surface area contributed by atoms with E-state index in [1.165, 1.54) is 0 Å². The van der Waals surface area contributed by atoms with Crippen molar-refractivity contribution < 1.29 is 4.39 Å². The van der Waals surface area contributed by atoms with E-state index in [2.05, 4.69) is 0 Å². The summed E-state index contributed by atoms with van der Waals surface area (Å²) in [5.41, 5.74) is 0.881. The van der Waals surface area contributed by atoms with Gasteiger partial charge in [-0.2, -0.15) is 0 Å². The Bertz CT molecular complexity index is 348. The summed E-state index contributed by atoms with van der Waals surface area (Å²) in [5, 5.41) is 7.95. The summed E-state index contributed by atoms with van der Waals surface area (Å²) in [7, 11) is 1.94. The highest BCUT2D eigenvalue weighted by Crippen LogP contribution is 2.25. The van der Waals surface area contributed by atoms with Gasteiger partial charge in [0.05, 0.1) is 6.04 Å². The SMILES string of the molecule is C/C=C1/C=CN([C@H]2CCN(C)C[C@@H]2F)C1=N. The van der Waals surface area contributed by atoms with E-state index in [0.29, 0.717) is 12.4 Å². The number of hydrogen-bond donors (Lipinski definition) is 1. The molecule has 1 fully saturated rings. The molecule has 0 unspecified atom stereocenters. The van der Waals surface area contributed by atoms with E-state index in [1.54, 1.807) is 4.90 Å². The summed E-state index contributed by atoms with van der Waals surface area (Å²) in [6, 6.07) is -0.169. The number of rotatable bonds is 1. The van der Waals surface area contributed by atoms with Crippen LogP contribution >= 0.6 is 0 Å². The van der Waals surface area contributed by atoms with E-state index in [4.69, 9.17) is 5.41 Å². The quantitative estimate of drug-likeness (QED) is 0.734. The Kier molecular flexibility index (Phi) is 3.10. The topological polar surface area (TPSA) is 30.3 Å². The van der Waals surface area contributed by atoms with Crippen LogP contribution in [0.5, 0.6) is 0 Å². The van der Waals surface area contributed by atoms with Gasteiger partial charge < -0.3 is 9.80 Å². The Labute approximate surface area is 95.7 Å². The molecule has 88 valence electrons. The Morgan fingerprint density at radius 2 is 2.31 bits per heavy atom. The van der Waals surface area contributed by atoms with E-state index < -0.39 is 6.17 Å². The predicted molar refractivity (Wildman–Crippen MR) is 63.3 cm³/mol. The van der Waals surface area contributed by atoms with Gasteiger partial charge in [-0.3, -0.25) is 5.41 Å². The number of piperidine rings is 1. The van der Waals surface area contributed by atoms with Crippen LogP contribution in [-0.2, 0) is 0 Å². The molecular weight excluding hydrogens is 205 g/mol. The van der Waals surface area contributed by atoms with E-state index in [-0.39, 0.29) is 6.04 Å². The number of nitrogens with zero attached hydrogens (tertiary/aromatic N) is 2. The molecule has 0 amide bonds. The average Bonchev–Trinajstić information content (AvgIpc) is 2.60. The van der Waals surface area contributed by atoms with Crippen molar-refractivity contribution in [3.05, 3.63) is 23.9 Å². The molecule has 16 heavy (non-hydrogen) atoms. The largest absolute Gasteiger partial charge is 0.327 e. The molecule has 0 aromatic heterocycles. The molecule has 0 bridgehead atoms. The lowest BCUT2D eigenvalue weighted by Crippen LogP contribution is -2.50. The number of likely N-dealkylation sites (tertiary alicyclic amines) is 1. The third kappa shape index (κ3) is 1.89. The van der Waals surface area contributed by atoms with Crippen molar-refractivity contribution in [2.45, 2.75) is 25.6 Å². The van der Waals surface area contributed by atoms with E-state index in [9.17, 15) is 4.39 Å². The fourth-order valence-corrected chi connectivity index (χ4v) is 2.33. The monoisotopic (exact) mass is 223 g/mol. The van der Waals surface area contributed by atoms with Crippen LogP contribution in [0.1, 0.15) is 13.3 Å². The first kappa shape index (κ1) is 11.3. The number of allylic oxidation sites excluding steroid dienone is 1. The Morgan fingerprint density at radius 1 is 1.56 bits per heavy atom. The summed E-state index contributed by atoms with van der Waals surface area (Å²) >= 11 is 0. The summed E-state index contributed by atoms with van der Waals surface area (Å²) in [6.45, 7) is 3.26. The highest BCUT2D eigenvalue weighted by molar-refractivity contribution is 6.01. The first-order valence-corrected chi connectivity index (χ1v) is 5.68. The molecule has 0 radical (unpaired) electrons. The minimum absolute atomic E-state index is 0.169. The summed E-state index contributed by atoms with van der Waals surface area (Å²) in [6.07, 6.45) is 5.51. The van der Waals surface area contributed by atoms with Crippen molar-refractivity contribution in [3.63, 3.8) is 0 Å². The number of nitrogens with one attached hydrogen (secondary N) is 1. The number of alkyl halides is 1. The Hall–Kier alpha value is -1.16. The van der Waals surface area contributed by atoms with Crippen molar-refractivity contribution in [1.29, 1.82) is 5.41 Å². The molecule has 0 spiro atoms. The van der Waals surface area contributed by atoms with Crippen LogP contribution in [0.15, 0.2) is 23.9 Å². The first-order chi connectivity index (χ1) is 7.63. The standard InChI is InChI=1S/C12H18FN3/c1-3-9-4-7-16(12(9)14)11-5-6-15(2)8-10(11)13/h3-4,7,10-11,14H,5-6,8H2,1-2H3/b9-3-,14-12?/t10-,11-/m0/s1. The van der Waals surface area contributed by atoms with E-state index >= 15 is 0 Å². The molecule has 2 atom stereocenters. The van der Waals surface area contributed by atoms with Crippen LogP contribution in [0.2, 0.25) is 0 Å². The Balaban J connectivity index is 2.09. The fourth-order valence-electron chi connectivity index (χ4n) is 2.33. The van der Waals surface area contributed by atoms with Gasteiger partial charge in [-0.05, 0) is 26.5 Å². The molecule has 2 heterocycles. The van der Waals surface area contributed by atoms with Gasteiger partial charge in [0.2, 0.25) is 0 Å². The van der Waals surface area contributed by atoms with E-state index in [0.717, 1.165) is 18.5 Å². The minimum atomic E-state index is -0.875. The summed E-state index contributed by atoms with van der Waals surface area (Å²) < 4.78 is 13.9. The average molecular weight is 223 g/mol. The highest BCUT2D eigenvalue weighted by atomic mass is 19.1. The minimum Gasteiger partial charge on any atom is -0.327 e. The third-order valence-corrected chi connectivity index (χ3v) is 3.32. The van der Waals surface area contributed by atoms with Gasteiger partial charge in [0.25, 0.3) is 0 Å². The smallest absolute Gasteiger partial charge is 0.133 e. The van der Waals surface area contributed by atoms with Crippen LogP contribution in [0.25, 0.3) is 0 Å². The second kappa shape index (κ2) is 4.37. The molecule has 3 nitrogen and oxygen atoms in total. The van der Waals surface area contributed by atoms with Crippen LogP contribution in [0.4, 0.5) is 4.39 Å². The molecule has 0 aromatic rings. The highest BCUT2D eigenvalue weighted by Gasteiger charge is 2.34. The first-order valence-electron chi connectivity index (χ1n) is 5.68. The zero-order chi connectivity index (χ0) is 11.7. The lowest BCUT2D eigenvalue weighted by molar-refractivity contribution is 0.0964. The molecule has 1 saturated heterocycles. The zero-order valence-corrected chi connectivity index (χ0v) is 9.78. The lowest BCUT2D eigenvalue weighted by atomic mass is 10.0. The van der Waals surface area contributed by atoms with Crippen molar-refractivity contribution in [1.82, 2.24) is 9.80 Å². The van der Waals surface area contributed by atoms with Gasteiger partial charge in [-0.15, -0.1) is 0 Å². The second-order valence-corrected chi connectivity index (χ2v) is 4.45. The molecule has 2 aliphatic heterocycles. The van der Waals surface area contributed by atoms with Crippen LogP contribution < -0.4 is 0 Å². The van der Waals surface area contributed by atoms with Crippen molar-refractivity contribution in [2.24, 2.45) is 0 Å². The maximum absolute atomic E-state index is 13.9. The third-order valence-electron chi connectivity index (χ3n) is 3.32. The van der Waals surface area contributed by atoms with Crippen molar-refractivity contribution in [3.8, 4) is 0 Å². The van der Waals surface area contributed by atoms with E-state index in [1.807, 2.05) is 37.2 Å². The lowest BCUT2D eigenvalue weighted by Gasteiger charge is -2.37. The molecule has 2 rings (SSSR count). The Morgan fingerprint density at radius 3 is 2.88 bits per heavy atom. The second-order valence-electron chi connectivity index (χ2n) is 4.45. The number of hydrogen-bond acceptors (Lipinski definition) is 2. The van der Waals surface area contributed by atoms with Gasteiger partial charge in [-0.1, -0.05) is 6.08 Å². The molecule has 4 heteroatoms. The molecule has 0 saturated carbocycles. The molecule has 2 aliphatic rings. The van der Waals surface area contributed by atoms with Crippen molar-refractivity contribution in [2.75, 3.05) is 20.1 Å². The van der Waals surface area contributed by atoms with Crippen LogP contribution in [0, 0.1) is 5.41 Å². The van der Waals surface area contributed by atoms with Crippen molar-refractivity contribution >= 4 is 5.84 Å². The van der Waals surface area contributed by atoms with Gasteiger partial charge in [0, 0.05) is 24.9 Å². The summed E-state index contributed by atoms with van der Waals surface area (Å²) in [5.74, 6) is 0.430. The predicted octanol–water partition coefficient (Wildman–Crippen LogP) is 1.78. The number of amidine groups is 1. The van der Waals surface area contributed by atoms with Gasteiger partial charge in [0.15, 0.2) is 0 Å². The van der Waals surface area contributed by atoms with Crippen LogP contribution in [0.3, 0.4) is 0 Å². The maximum atomic E-state index is 13.9. The molecule has 0 aliphatic carbocycles.